The lowest BCUT2D eigenvalue weighted by atomic mass is 9.80. The first kappa shape index (κ1) is 23.8. The number of rotatable bonds is 4. The number of halogens is 1. The van der Waals surface area contributed by atoms with Crippen LogP contribution in [0.2, 0.25) is 0 Å². The zero-order valence-corrected chi connectivity index (χ0v) is 20.4. The molecule has 2 N–H and O–H groups in total. The molecule has 0 saturated carbocycles. The maximum Gasteiger partial charge on any atom is 0.127 e. The van der Waals surface area contributed by atoms with Crippen molar-refractivity contribution >= 4 is 19.2 Å². The lowest BCUT2D eigenvalue weighted by Gasteiger charge is -2.28. The molecule has 0 bridgehead atoms. The van der Waals surface area contributed by atoms with Crippen LogP contribution in [0.1, 0.15) is 79.0 Å². The molecular weight excluding hydrogens is 380 g/mol. The van der Waals surface area contributed by atoms with E-state index in [4.69, 9.17) is 0 Å². The summed E-state index contributed by atoms with van der Waals surface area (Å²) in [6.45, 7) is 19.8. The maximum atomic E-state index is 14.0. The van der Waals surface area contributed by atoms with Crippen molar-refractivity contribution in [1.29, 1.82) is 0 Å². The standard InChI is InChI=1S/C25H37FNOP/c1-23(2,3)17-13-19(24(4,5)6)22(28)21(14-17)29-20-11-10-18(26)12-16(20)15-27-25(7,8)9/h10-14,27-29H,15H2,1-9H3. The molecule has 0 spiro atoms. The van der Waals surface area contributed by atoms with E-state index in [1.807, 2.05) is 6.07 Å². The summed E-state index contributed by atoms with van der Waals surface area (Å²) in [4.78, 5) is 0. The van der Waals surface area contributed by atoms with Gasteiger partial charge in [0, 0.05) is 23.0 Å². The molecule has 160 valence electrons. The molecule has 0 aliphatic rings. The molecule has 0 heterocycles. The molecule has 0 aliphatic carbocycles. The molecule has 2 nitrogen and oxygen atoms in total. The molecule has 1 unspecified atom stereocenters. The maximum absolute atomic E-state index is 14.0. The molecule has 2 rings (SSSR count). The fourth-order valence-electron chi connectivity index (χ4n) is 3.07. The van der Waals surface area contributed by atoms with Gasteiger partial charge in [-0.15, -0.1) is 0 Å². The third-order valence-electron chi connectivity index (χ3n) is 4.93. The van der Waals surface area contributed by atoms with Crippen molar-refractivity contribution < 1.29 is 9.50 Å². The molecule has 4 heteroatoms. The molecule has 0 fully saturated rings. The molecule has 0 saturated heterocycles. The number of hydrogen-bond donors (Lipinski definition) is 2. The summed E-state index contributed by atoms with van der Waals surface area (Å²) in [7, 11) is 0.258. The number of aromatic hydroxyl groups is 1. The van der Waals surface area contributed by atoms with Crippen molar-refractivity contribution in [2.24, 2.45) is 0 Å². The van der Waals surface area contributed by atoms with Gasteiger partial charge in [-0.2, -0.15) is 0 Å². The minimum Gasteiger partial charge on any atom is -0.507 e. The van der Waals surface area contributed by atoms with E-state index in [9.17, 15) is 9.50 Å². The average molecular weight is 418 g/mol. The van der Waals surface area contributed by atoms with E-state index < -0.39 is 0 Å². The third kappa shape index (κ3) is 6.52. The average Bonchev–Trinajstić information content (AvgIpc) is 2.53. The van der Waals surface area contributed by atoms with Gasteiger partial charge >= 0.3 is 0 Å². The van der Waals surface area contributed by atoms with Crippen LogP contribution >= 0.6 is 8.58 Å². The zero-order chi connectivity index (χ0) is 22.2. The summed E-state index contributed by atoms with van der Waals surface area (Å²) < 4.78 is 14.0. The van der Waals surface area contributed by atoms with Crippen molar-refractivity contribution in [3.8, 4) is 5.75 Å². The monoisotopic (exact) mass is 417 g/mol. The molecular formula is C25H37FNOP. The highest BCUT2D eigenvalue weighted by atomic mass is 31.1. The highest BCUT2D eigenvalue weighted by Crippen LogP contribution is 2.36. The van der Waals surface area contributed by atoms with E-state index in [0.717, 1.165) is 21.7 Å². The van der Waals surface area contributed by atoms with E-state index >= 15 is 0 Å². The van der Waals surface area contributed by atoms with Crippen molar-refractivity contribution in [2.75, 3.05) is 0 Å². The van der Waals surface area contributed by atoms with Crippen LogP contribution in [-0.2, 0) is 17.4 Å². The highest BCUT2D eigenvalue weighted by Gasteiger charge is 2.25. The van der Waals surface area contributed by atoms with Crippen LogP contribution in [0.15, 0.2) is 30.3 Å². The summed E-state index contributed by atoms with van der Waals surface area (Å²) in [6, 6.07) is 9.23. The third-order valence-corrected chi connectivity index (χ3v) is 6.34. The van der Waals surface area contributed by atoms with Gasteiger partial charge in [0.2, 0.25) is 0 Å². The quantitative estimate of drug-likeness (QED) is 0.631. The van der Waals surface area contributed by atoms with Crippen molar-refractivity contribution in [2.45, 2.75) is 85.2 Å². The van der Waals surface area contributed by atoms with Crippen LogP contribution in [-0.4, -0.2) is 10.6 Å². The minimum atomic E-state index is -0.229. The van der Waals surface area contributed by atoms with E-state index in [2.05, 4.69) is 79.8 Å². The van der Waals surface area contributed by atoms with Crippen LogP contribution < -0.4 is 15.9 Å². The Morgan fingerprint density at radius 1 is 0.862 bits per heavy atom. The Balaban J connectivity index is 2.54. The van der Waals surface area contributed by atoms with Gasteiger partial charge in [0.25, 0.3) is 0 Å². The summed E-state index contributed by atoms with van der Waals surface area (Å²) in [5.41, 5.74) is 2.87. The molecule has 2 aromatic carbocycles. The van der Waals surface area contributed by atoms with E-state index in [1.54, 1.807) is 6.07 Å². The SMILES string of the molecule is CC(C)(C)NCc1cc(F)ccc1Pc1cc(C(C)(C)C)cc(C(C)(C)C)c1O. The highest BCUT2D eigenvalue weighted by molar-refractivity contribution is 7.55. The molecule has 0 aromatic heterocycles. The van der Waals surface area contributed by atoms with Crippen LogP contribution in [0.5, 0.6) is 5.75 Å². The van der Waals surface area contributed by atoms with Crippen LogP contribution in [0.4, 0.5) is 4.39 Å². The summed E-state index contributed by atoms with van der Waals surface area (Å²) in [6.07, 6.45) is 0. The molecule has 0 aliphatic heterocycles. The Labute approximate surface area is 178 Å². The second-order valence-corrected chi connectivity index (χ2v) is 12.3. The largest absolute Gasteiger partial charge is 0.507 e. The fourth-order valence-corrected chi connectivity index (χ4v) is 4.33. The molecule has 0 radical (unpaired) electrons. The first-order valence-electron chi connectivity index (χ1n) is 10.3. The first-order chi connectivity index (χ1) is 13.1. The Morgan fingerprint density at radius 3 is 2.00 bits per heavy atom. The Morgan fingerprint density at radius 2 is 1.48 bits per heavy atom. The van der Waals surface area contributed by atoms with Gasteiger partial charge in [0.15, 0.2) is 0 Å². The van der Waals surface area contributed by atoms with Crippen molar-refractivity contribution in [3.05, 3.63) is 52.8 Å². The molecule has 29 heavy (non-hydrogen) atoms. The second-order valence-electron chi connectivity index (χ2n) is 10.9. The Hall–Kier alpha value is -1.44. The molecule has 0 amide bonds. The zero-order valence-electron chi connectivity index (χ0n) is 19.4. The van der Waals surface area contributed by atoms with Crippen LogP contribution in [0.3, 0.4) is 0 Å². The predicted octanol–water partition coefficient (Wildman–Crippen LogP) is 5.64. The molecule has 2 aromatic rings. The van der Waals surface area contributed by atoms with Gasteiger partial charge in [-0.05, 0) is 66.2 Å². The summed E-state index contributed by atoms with van der Waals surface area (Å²) >= 11 is 0. The number of hydrogen-bond acceptors (Lipinski definition) is 2. The van der Waals surface area contributed by atoms with Gasteiger partial charge < -0.3 is 10.4 Å². The lowest BCUT2D eigenvalue weighted by Crippen LogP contribution is -2.36. The Kier molecular flexibility index (Phi) is 6.87. The number of nitrogens with one attached hydrogen (secondary N) is 1. The normalized spacial score (nSPS) is 13.4. The van der Waals surface area contributed by atoms with E-state index in [1.165, 1.54) is 11.6 Å². The minimum absolute atomic E-state index is 0.0215. The van der Waals surface area contributed by atoms with E-state index in [0.29, 0.717) is 12.3 Å². The second kappa shape index (κ2) is 8.36. The van der Waals surface area contributed by atoms with Crippen LogP contribution in [0, 0.1) is 5.82 Å². The topological polar surface area (TPSA) is 32.3 Å². The summed E-state index contributed by atoms with van der Waals surface area (Å²) in [5, 5.41) is 16.5. The van der Waals surface area contributed by atoms with Gasteiger partial charge in [-0.25, -0.2) is 4.39 Å². The van der Waals surface area contributed by atoms with Crippen LogP contribution in [0.25, 0.3) is 0 Å². The summed E-state index contributed by atoms with van der Waals surface area (Å²) in [5.74, 6) is 0.134. The lowest BCUT2D eigenvalue weighted by molar-refractivity contribution is 0.424. The predicted molar refractivity (Wildman–Crippen MR) is 126 cm³/mol. The fraction of sp³-hybridized carbons (Fsp3) is 0.520. The molecule has 1 atom stereocenters. The van der Waals surface area contributed by atoms with Gasteiger partial charge in [0.05, 0.1) is 0 Å². The van der Waals surface area contributed by atoms with Gasteiger partial charge in [-0.3, -0.25) is 0 Å². The van der Waals surface area contributed by atoms with Gasteiger partial charge in [0.1, 0.15) is 11.6 Å². The number of phenolic OH excluding ortho intramolecular Hbond substituents is 1. The Bertz CT molecular complexity index is 870. The van der Waals surface area contributed by atoms with Crippen molar-refractivity contribution in [1.82, 2.24) is 5.32 Å². The smallest absolute Gasteiger partial charge is 0.127 e. The van der Waals surface area contributed by atoms with Crippen molar-refractivity contribution in [3.63, 3.8) is 0 Å². The van der Waals surface area contributed by atoms with Gasteiger partial charge in [-0.1, -0.05) is 62.3 Å². The number of benzene rings is 2. The van der Waals surface area contributed by atoms with E-state index in [-0.39, 0.29) is 30.8 Å². The first-order valence-corrected chi connectivity index (χ1v) is 11.3. The number of phenols is 1.